The van der Waals surface area contributed by atoms with Crippen molar-refractivity contribution in [2.24, 2.45) is 0 Å². The fraction of sp³-hybridized carbons (Fsp3) is 0.167. The van der Waals surface area contributed by atoms with E-state index in [4.69, 9.17) is 0 Å². The number of carbonyl (C=O) groups excluding carboxylic acids is 2. The van der Waals surface area contributed by atoms with Gasteiger partial charge in [-0.2, -0.15) is 0 Å². The highest BCUT2D eigenvalue weighted by Crippen LogP contribution is 2.38. The minimum Gasteiger partial charge on any atom is -0.317 e. The third-order valence-electron chi connectivity index (χ3n) is 5.51. The summed E-state index contributed by atoms with van der Waals surface area (Å²) in [6, 6.07) is 10.1. The van der Waals surface area contributed by atoms with E-state index in [1.165, 1.54) is 30.7 Å². The van der Waals surface area contributed by atoms with Crippen molar-refractivity contribution >= 4 is 17.6 Å². The fourth-order valence-electron chi connectivity index (χ4n) is 3.57. The molecule has 0 N–H and O–H groups in total. The molecule has 1 atom stereocenters. The lowest BCUT2D eigenvalue weighted by Crippen LogP contribution is -2.60. The number of hydrogen-bond donors (Lipinski definition) is 0. The van der Waals surface area contributed by atoms with Gasteiger partial charge in [-0.05, 0) is 31.2 Å². The maximum atomic E-state index is 14.9. The Morgan fingerprint density at radius 2 is 1.56 bits per heavy atom. The largest absolute Gasteiger partial charge is 0.332 e. The highest BCUT2D eigenvalue weighted by atomic mass is 19.1. The average Bonchev–Trinajstić information content (AvgIpc) is 2.79. The number of hydrogen-bond acceptors (Lipinski definition) is 4. The Labute approximate surface area is 183 Å². The molecule has 160 valence electrons. The Kier molecular flexibility index (Phi) is 5.41. The van der Waals surface area contributed by atoms with Crippen LogP contribution < -0.4 is 4.90 Å². The first-order valence-corrected chi connectivity index (χ1v) is 9.73. The van der Waals surface area contributed by atoms with Gasteiger partial charge >= 0.3 is 6.03 Å². The van der Waals surface area contributed by atoms with Crippen molar-refractivity contribution < 1.29 is 18.4 Å². The van der Waals surface area contributed by atoms with Crippen LogP contribution in [0, 0.1) is 23.5 Å². The van der Waals surface area contributed by atoms with Crippen molar-refractivity contribution in [2.45, 2.75) is 18.9 Å². The number of aromatic nitrogens is 2. The van der Waals surface area contributed by atoms with Crippen LogP contribution in [0.15, 0.2) is 61.2 Å². The Hall–Kier alpha value is -4.12. The van der Waals surface area contributed by atoms with Gasteiger partial charge in [0.05, 0.1) is 12.0 Å². The molecule has 3 aromatic rings. The van der Waals surface area contributed by atoms with Crippen molar-refractivity contribution in [1.29, 1.82) is 0 Å². The first kappa shape index (κ1) is 21.1. The third-order valence-corrected chi connectivity index (χ3v) is 5.51. The maximum Gasteiger partial charge on any atom is 0.332 e. The van der Waals surface area contributed by atoms with Crippen LogP contribution in [0.3, 0.4) is 0 Å². The molecular weight excluding hydrogens is 414 g/mol. The van der Waals surface area contributed by atoms with Gasteiger partial charge in [-0.25, -0.2) is 28.4 Å². The molecule has 1 aromatic heterocycles. The summed E-state index contributed by atoms with van der Waals surface area (Å²) in [5, 5.41) is 0. The molecule has 1 aliphatic heterocycles. The Morgan fingerprint density at radius 3 is 2.19 bits per heavy atom. The van der Waals surface area contributed by atoms with Crippen LogP contribution in [0.5, 0.6) is 0 Å². The van der Waals surface area contributed by atoms with E-state index in [2.05, 4.69) is 21.8 Å². The van der Waals surface area contributed by atoms with E-state index in [-0.39, 0.29) is 12.0 Å². The number of amides is 3. The second kappa shape index (κ2) is 8.19. The number of urea groups is 1. The lowest BCUT2D eigenvalue weighted by Gasteiger charge is -2.45. The predicted molar refractivity (Wildman–Crippen MR) is 113 cm³/mol. The summed E-state index contributed by atoms with van der Waals surface area (Å²) in [6.07, 6.45) is 4.14. The molecule has 1 unspecified atom stereocenters. The summed E-state index contributed by atoms with van der Waals surface area (Å²) >= 11 is 0. The van der Waals surface area contributed by atoms with Crippen LogP contribution in [0.1, 0.15) is 30.0 Å². The highest BCUT2D eigenvalue weighted by Gasteiger charge is 2.48. The number of carbonyl (C=O) groups is 2. The molecule has 0 saturated carbocycles. The van der Waals surface area contributed by atoms with Gasteiger partial charge in [0.1, 0.15) is 12.0 Å². The minimum atomic E-state index is -1.06. The van der Waals surface area contributed by atoms with E-state index in [0.29, 0.717) is 16.0 Å². The lowest BCUT2D eigenvalue weighted by atomic mass is 9.86. The van der Waals surface area contributed by atoms with Gasteiger partial charge in [0, 0.05) is 36.1 Å². The molecule has 32 heavy (non-hydrogen) atoms. The van der Waals surface area contributed by atoms with Crippen LogP contribution in [0.2, 0.25) is 0 Å². The SMILES string of the molecule is CN1C(=O)N(c2c(F)cc(C#Cc3ccccc3)cc2F)C(=O)CC1(C)c1cncnc1. The zero-order valence-corrected chi connectivity index (χ0v) is 17.3. The molecule has 6 nitrogen and oxygen atoms in total. The lowest BCUT2D eigenvalue weighted by molar-refractivity contribution is -0.122. The second-order valence-electron chi connectivity index (χ2n) is 7.55. The molecule has 8 heteroatoms. The van der Waals surface area contributed by atoms with E-state index >= 15 is 0 Å². The van der Waals surface area contributed by atoms with Crippen molar-refractivity contribution in [3.8, 4) is 11.8 Å². The normalized spacial score (nSPS) is 18.4. The van der Waals surface area contributed by atoms with Crippen LogP contribution >= 0.6 is 0 Å². The molecule has 0 aliphatic carbocycles. The van der Waals surface area contributed by atoms with Crippen LogP contribution in [0.4, 0.5) is 19.3 Å². The molecule has 1 fully saturated rings. The quantitative estimate of drug-likeness (QED) is 0.577. The van der Waals surface area contributed by atoms with E-state index in [0.717, 1.165) is 12.1 Å². The molecule has 4 rings (SSSR count). The smallest absolute Gasteiger partial charge is 0.317 e. The first-order valence-electron chi connectivity index (χ1n) is 9.73. The third kappa shape index (κ3) is 3.69. The molecule has 0 bridgehead atoms. The van der Waals surface area contributed by atoms with E-state index < -0.39 is 34.8 Å². The van der Waals surface area contributed by atoms with Crippen molar-refractivity contribution in [3.05, 3.63) is 89.5 Å². The van der Waals surface area contributed by atoms with Gasteiger partial charge in [-0.15, -0.1) is 0 Å². The van der Waals surface area contributed by atoms with Gasteiger partial charge in [0.25, 0.3) is 0 Å². The van der Waals surface area contributed by atoms with Gasteiger partial charge in [0.15, 0.2) is 11.6 Å². The number of imide groups is 1. The van der Waals surface area contributed by atoms with Gasteiger partial charge < -0.3 is 4.90 Å². The van der Waals surface area contributed by atoms with Crippen LogP contribution in [-0.4, -0.2) is 33.9 Å². The first-order chi connectivity index (χ1) is 15.3. The highest BCUT2D eigenvalue weighted by molar-refractivity contribution is 6.16. The Morgan fingerprint density at radius 1 is 0.969 bits per heavy atom. The topological polar surface area (TPSA) is 66.4 Å². The fourth-order valence-corrected chi connectivity index (χ4v) is 3.57. The number of anilines is 1. The molecular formula is C24H18F2N4O2. The maximum absolute atomic E-state index is 14.9. The summed E-state index contributed by atoms with van der Waals surface area (Å²) in [5.74, 6) is 2.67. The van der Waals surface area contributed by atoms with E-state index in [1.807, 2.05) is 6.07 Å². The second-order valence-corrected chi connectivity index (χ2v) is 7.55. The number of rotatable bonds is 2. The van der Waals surface area contributed by atoms with Crippen LogP contribution in [-0.2, 0) is 10.3 Å². The van der Waals surface area contributed by atoms with Crippen molar-refractivity contribution in [2.75, 3.05) is 11.9 Å². The Balaban J connectivity index is 1.68. The monoisotopic (exact) mass is 432 g/mol. The molecule has 2 aromatic carbocycles. The van der Waals surface area contributed by atoms with Gasteiger partial charge in [0.2, 0.25) is 5.91 Å². The van der Waals surface area contributed by atoms with Gasteiger partial charge in [-0.3, -0.25) is 4.79 Å². The molecule has 3 amide bonds. The van der Waals surface area contributed by atoms with Crippen molar-refractivity contribution in [1.82, 2.24) is 14.9 Å². The summed E-state index contributed by atoms with van der Waals surface area (Å²) in [7, 11) is 1.46. The zero-order valence-electron chi connectivity index (χ0n) is 17.3. The summed E-state index contributed by atoms with van der Waals surface area (Å²) in [6.45, 7) is 1.67. The standard InChI is InChI=1S/C24H18F2N4O2/c1-24(18-13-27-15-28-14-18)12-21(31)30(23(32)29(24)2)22-19(25)10-17(11-20(22)26)9-8-16-6-4-3-5-7-16/h3-7,10-11,13-15H,12H2,1-2H3. The molecule has 0 radical (unpaired) electrons. The zero-order chi connectivity index (χ0) is 22.9. The molecule has 0 spiro atoms. The van der Waals surface area contributed by atoms with E-state index in [9.17, 15) is 18.4 Å². The summed E-state index contributed by atoms with van der Waals surface area (Å²) < 4.78 is 29.8. The van der Waals surface area contributed by atoms with Crippen molar-refractivity contribution in [3.63, 3.8) is 0 Å². The number of halogens is 2. The van der Waals surface area contributed by atoms with E-state index in [1.54, 1.807) is 31.2 Å². The average molecular weight is 432 g/mol. The predicted octanol–water partition coefficient (Wildman–Crippen LogP) is 3.86. The van der Waals surface area contributed by atoms with Gasteiger partial charge in [-0.1, -0.05) is 30.0 Å². The number of benzene rings is 2. The minimum absolute atomic E-state index is 0.0872. The summed E-state index contributed by atoms with van der Waals surface area (Å²) in [5.41, 5.74) is -0.464. The number of nitrogens with zero attached hydrogens (tertiary/aromatic N) is 4. The van der Waals surface area contributed by atoms with Crippen LogP contribution in [0.25, 0.3) is 0 Å². The molecule has 1 aliphatic rings. The summed E-state index contributed by atoms with van der Waals surface area (Å²) in [4.78, 5) is 35.6. The molecule has 2 heterocycles. The Bertz CT molecular complexity index is 1230. The molecule has 1 saturated heterocycles.